The molecule has 0 amide bonds. The van der Waals surface area contributed by atoms with Crippen LogP contribution in [0.15, 0.2) is 0 Å². The average molecular weight is 184 g/mol. The second-order valence-electron chi connectivity index (χ2n) is 4.36. The van der Waals surface area contributed by atoms with Crippen LogP contribution < -0.4 is 5.32 Å². The van der Waals surface area contributed by atoms with E-state index in [4.69, 9.17) is 4.74 Å². The number of hydrogen-bond acceptors (Lipinski definition) is 3. The first kappa shape index (κ1) is 9.44. The van der Waals surface area contributed by atoms with Crippen molar-refractivity contribution in [2.75, 3.05) is 26.2 Å². The van der Waals surface area contributed by atoms with Crippen molar-refractivity contribution in [3.8, 4) is 0 Å². The predicted molar refractivity (Wildman–Crippen MR) is 52.9 cm³/mol. The highest BCUT2D eigenvalue weighted by atomic mass is 16.5. The van der Waals surface area contributed by atoms with E-state index in [1.165, 1.54) is 19.5 Å². The Hall–Kier alpha value is -0.120. The minimum Gasteiger partial charge on any atom is -0.373 e. The van der Waals surface area contributed by atoms with Gasteiger partial charge in [-0.25, -0.2) is 0 Å². The van der Waals surface area contributed by atoms with Gasteiger partial charge in [-0.1, -0.05) is 0 Å². The van der Waals surface area contributed by atoms with E-state index in [1.807, 2.05) is 0 Å². The first-order chi connectivity index (χ1) is 6.25. The minimum absolute atomic E-state index is 0.407. The largest absolute Gasteiger partial charge is 0.373 e. The smallest absolute Gasteiger partial charge is 0.0678 e. The third-order valence-electron chi connectivity index (χ3n) is 3.00. The van der Waals surface area contributed by atoms with Gasteiger partial charge in [-0.15, -0.1) is 0 Å². The van der Waals surface area contributed by atoms with Crippen molar-refractivity contribution in [2.24, 2.45) is 0 Å². The molecule has 2 aliphatic rings. The quantitative estimate of drug-likeness (QED) is 0.640. The molecule has 0 aromatic rings. The molecular weight excluding hydrogens is 164 g/mol. The lowest BCUT2D eigenvalue weighted by Gasteiger charge is -2.38. The molecule has 0 bridgehead atoms. The van der Waals surface area contributed by atoms with Crippen LogP contribution in [0.25, 0.3) is 0 Å². The molecule has 3 heteroatoms. The highest BCUT2D eigenvalue weighted by molar-refractivity contribution is 4.85. The third kappa shape index (κ3) is 2.22. The average Bonchev–Trinajstić information content (AvgIpc) is 2.53. The summed E-state index contributed by atoms with van der Waals surface area (Å²) in [6.45, 7) is 8.91. The number of nitrogens with one attached hydrogen (secondary N) is 1. The molecule has 0 aromatic carbocycles. The maximum Gasteiger partial charge on any atom is 0.0678 e. The molecule has 2 rings (SSSR count). The molecule has 2 aliphatic heterocycles. The van der Waals surface area contributed by atoms with Gasteiger partial charge in [0.1, 0.15) is 0 Å². The van der Waals surface area contributed by atoms with Gasteiger partial charge in [0.15, 0.2) is 0 Å². The Morgan fingerprint density at radius 1 is 1.23 bits per heavy atom. The van der Waals surface area contributed by atoms with Crippen LogP contribution >= 0.6 is 0 Å². The fraction of sp³-hybridized carbons (Fsp3) is 1.00. The highest BCUT2D eigenvalue weighted by Gasteiger charge is 2.29. The van der Waals surface area contributed by atoms with Gasteiger partial charge in [0.05, 0.1) is 12.2 Å². The fourth-order valence-corrected chi connectivity index (χ4v) is 2.47. The Bertz CT molecular complexity index is 158. The zero-order valence-corrected chi connectivity index (χ0v) is 8.62. The summed E-state index contributed by atoms with van der Waals surface area (Å²) in [5.41, 5.74) is 0. The van der Waals surface area contributed by atoms with Crippen molar-refractivity contribution in [3.05, 3.63) is 0 Å². The first-order valence-electron chi connectivity index (χ1n) is 5.36. The SMILES string of the molecule is CC1CN(C2CCNC2)C[C@@H](C)O1. The topological polar surface area (TPSA) is 24.5 Å². The zero-order chi connectivity index (χ0) is 9.26. The molecule has 3 nitrogen and oxygen atoms in total. The van der Waals surface area contributed by atoms with Crippen molar-refractivity contribution in [1.29, 1.82) is 0 Å². The zero-order valence-electron chi connectivity index (χ0n) is 8.62. The van der Waals surface area contributed by atoms with Gasteiger partial charge < -0.3 is 10.1 Å². The summed E-state index contributed by atoms with van der Waals surface area (Å²) in [7, 11) is 0. The Morgan fingerprint density at radius 3 is 2.46 bits per heavy atom. The lowest BCUT2D eigenvalue weighted by molar-refractivity contribution is -0.0781. The molecule has 2 fully saturated rings. The normalized spacial score (nSPS) is 42.5. The summed E-state index contributed by atoms with van der Waals surface area (Å²) in [5, 5.41) is 3.42. The maximum absolute atomic E-state index is 5.71. The van der Waals surface area contributed by atoms with E-state index in [-0.39, 0.29) is 0 Å². The maximum atomic E-state index is 5.71. The fourth-order valence-electron chi connectivity index (χ4n) is 2.47. The summed E-state index contributed by atoms with van der Waals surface area (Å²) in [4.78, 5) is 2.58. The molecule has 2 saturated heterocycles. The first-order valence-corrected chi connectivity index (χ1v) is 5.36. The van der Waals surface area contributed by atoms with Crippen LogP contribution in [0.5, 0.6) is 0 Å². The molecule has 0 radical (unpaired) electrons. The van der Waals surface area contributed by atoms with Crippen LogP contribution in [0.3, 0.4) is 0 Å². The summed E-state index contributed by atoms with van der Waals surface area (Å²) >= 11 is 0. The van der Waals surface area contributed by atoms with Gasteiger partial charge in [0.2, 0.25) is 0 Å². The van der Waals surface area contributed by atoms with E-state index in [0.29, 0.717) is 12.2 Å². The van der Waals surface area contributed by atoms with E-state index in [1.54, 1.807) is 0 Å². The molecule has 2 unspecified atom stereocenters. The van der Waals surface area contributed by atoms with E-state index in [2.05, 4.69) is 24.1 Å². The molecule has 76 valence electrons. The summed E-state index contributed by atoms with van der Waals surface area (Å²) in [5.74, 6) is 0. The van der Waals surface area contributed by atoms with Crippen molar-refractivity contribution in [3.63, 3.8) is 0 Å². The second kappa shape index (κ2) is 3.95. The van der Waals surface area contributed by atoms with E-state index < -0.39 is 0 Å². The van der Waals surface area contributed by atoms with Crippen LogP contribution in [-0.2, 0) is 4.74 Å². The van der Waals surface area contributed by atoms with Gasteiger partial charge in [-0.05, 0) is 26.8 Å². The Morgan fingerprint density at radius 2 is 1.92 bits per heavy atom. The van der Waals surface area contributed by atoms with Crippen molar-refractivity contribution < 1.29 is 4.74 Å². The van der Waals surface area contributed by atoms with Crippen LogP contribution in [0.2, 0.25) is 0 Å². The van der Waals surface area contributed by atoms with E-state index in [0.717, 1.165) is 19.1 Å². The lowest BCUT2D eigenvalue weighted by Crippen LogP contribution is -2.50. The van der Waals surface area contributed by atoms with Gasteiger partial charge in [-0.3, -0.25) is 4.90 Å². The van der Waals surface area contributed by atoms with Crippen molar-refractivity contribution in [1.82, 2.24) is 10.2 Å². The number of nitrogens with zero attached hydrogens (tertiary/aromatic N) is 1. The van der Waals surface area contributed by atoms with Crippen molar-refractivity contribution >= 4 is 0 Å². The van der Waals surface area contributed by atoms with Crippen LogP contribution in [0, 0.1) is 0 Å². The molecule has 1 N–H and O–H groups in total. The number of morpholine rings is 1. The number of ether oxygens (including phenoxy) is 1. The lowest BCUT2D eigenvalue weighted by atomic mass is 10.1. The Balaban J connectivity index is 1.90. The van der Waals surface area contributed by atoms with E-state index >= 15 is 0 Å². The van der Waals surface area contributed by atoms with Crippen LogP contribution in [0.4, 0.5) is 0 Å². The second-order valence-corrected chi connectivity index (χ2v) is 4.36. The van der Waals surface area contributed by atoms with Gasteiger partial charge in [-0.2, -0.15) is 0 Å². The number of rotatable bonds is 1. The third-order valence-corrected chi connectivity index (χ3v) is 3.00. The Labute approximate surface area is 80.4 Å². The minimum atomic E-state index is 0.407. The molecule has 13 heavy (non-hydrogen) atoms. The van der Waals surface area contributed by atoms with E-state index in [9.17, 15) is 0 Å². The number of hydrogen-bond donors (Lipinski definition) is 1. The summed E-state index contributed by atoms with van der Waals surface area (Å²) < 4.78 is 5.71. The molecule has 0 spiro atoms. The monoisotopic (exact) mass is 184 g/mol. The Kier molecular flexibility index (Phi) is 2.86. The molecule has 2 heterocycles. The van der Waals surface area contributed by atoms with Crippen LogP contribution in [-0.4, -0.2) is 49.3 Å². The molecule has 3 atom stereocenters. The van der Waals surface area contributed by atoms with Crippen molar-refractivity contribution in [2.45, 2.75) is 38.5 Å². The summed E-state index contributed by atoms with van der Waals surface area (Å²) in [6.07, 6.45) is 2.12. The highest BCUT2D eigenvalue weighted by Crippen LogP contribution is 2.16. The van der Waals surface area contributed by atoms with Gasteiger partial charge in [0, 0.05) is 25.7 Å². The molecule has 0 saturated carbocycles. The van der Waals surface area contributed by atoms with Gasteiger partial charge >= 0.3 is 0 Å². The van der Waals surface area contributed by atoms with Crippen LogP contribution in [0.1, 0.15) is 20.3 Å². The predicted octanol–water partition coefficient (Wildman–Crippen LogP) is 0.457. The standard InChI is InChI=1S/C10H20N2O/c1-8-6-12(7-9(2)13-8)10-3-4-11-5-10/h8-11H,3-7H2,1-2H3/t8-,9?,10?/m1/s1. The van der Waals surface area contributed by atoms with Gasteiger partial charge in [0.25, 0.3) is 0 Å². The molecular formula is C10H20N2O. The molecule has 0 aliphatic carbocycles. The molecule has 0 aromatic heterocycles. The summed E-state index contributed by atoms with van der Waals surface area (Å²) in [6, 6.07) is 0.758.